The molecule has 0 radical (unpaired) electrons. The second-order valence-corrected chi connectivity index (χ2v) is 5.52. The molecule has 6 heteroatoms. The van der Waals surface area contributed by atoms with Crippen LogP contribution in [0.25, 0.3) is 0 Å². The maximum Gasteiger partial charge on any atom is 0.188 e. The molecular weight excluding hydrogens is 325 g/mol. The Hall–Kier alpha value is -1.14. The molecule has 20 heavy (non-hydrogen) atoms. The summed E-state index contributed by atoms with van der Waals surface area (Å²) in [7, 11) is 1.64. The number of methoxy groups -OCH3 is 1. The number of guanidine groups is 1. The van der Waals surface area contributed by atoms with Crippen molar-refractivity contribution in [3.63, 3.8) is 0 Å². The molecule has 0 saturated carbocycles. The van der Waals surface area contributed by atoms with Gasteiger partial charge < -0.3 is 15.8 Å². The monoisotopic (exact) mass is 345 g/mol. The summed E-state index contributed by atoms with van der Waals surface area (Å²) in [5.74, 6) is 0.203. The third kappa shape index (κ3) is 6.34. The maximum atomic E-state index is 13.6. The molecule has 4 nitrogen and oxygen atoms in total. The van der Waals surface area contributed by atoms with E-state index in [0.717, 1.165) is 10.9 Å². The summed E-state index contributed by atoms with van der Waals surface area (Å²) in [6.45, 7) is 3.09. The molecule has 0 bridgehead atoms. The maximum absolute atomic E-state index is 13.6. The van der Waals surface area contributed by atoms with Gasteiger partial charge >= 0.3 is 0 Å². The number of ether oxygens (including phenoxy) is 1. The van der Waals surface area contributed by atoms with Crippen molar-refractivity contribution < 1.29 is 9.13 Å². The number of aryl methyl sites for hydroxylation is 1. The van der Waals surface area contributed by atoms with Gasteiger partial charge in [0.15, 0.2) is 5.96 Å². The SMILES string of the molecule is COCC(C)NC(N)=NCCCc1ccc(Br)cc1F. The lowest BCUT2D eigenvalue weighted by Crippen LogP contribution is -2.40. The van der Waals surface area contributed by atoms with Gasteiger partial charge in [0.25, 0.3) is 0 Å². The fourth-order valence-electron chi connectivity index (χ4n) is 1.78. The molecule has 1 unspecified atom stereocenters. The van der Waals surface area contributed by atoms with Gasteiger partial charge in [0.1, 0.15) is 5.82 Å². The Morgan fingerprint density at radius 2 is 2.30 bits per heavy atom. The third-order valence-electron chi connectivity index (χ3n) is 2.71. The van der Waals surface area contributed by atoms with Crippen LogP contribution in [-0.4, -0.2) is 32.3 Å². The Morgan fingerprint density at radius 1 is 1.55 bits per heavy atom. The highest BCUT2D eigenvalue weighted by atomic mass is 79.9. The summed E-state index contributed by atoms with van der Waals surface area (Å²) in [4.78, 5) is 4.20. The Morgan fingerprint density at radius 3 is 2.95 bits per heavy atom. The van der Waals surface area contributed by atoms with E-state index in [9.17, 15) is 4.39 Å². The van der Waals surface area contributed by atoms with E-state index in [1.165, 1.54) is 6.07 Å². The number of aliphatic imine (C=N–C) groups is 1. The molecular formula is C14H21BrFN3O. The first-order valence-electron chi connectivity index (χ1n) is 6.52. The molecule has 1 aromatic rings. The van der Waals surface area contributed by atoms with Crippen LogP contribution in [0.5, 0.6) is 0 Å². The van der Waals surface area contributed by atoms with Crippen molar-refractivity contribution in [2.45, 2.75) is 25.8 Å². The van der Waals surface area contributed by atoms with Gasteiger partial charge in [-0.15, -0.1) is 0 Å². The highest BCUT2D eigenvalue weighted by molar-refractivity contribution is 9.10. The van der Waals surface area contributed by atoms with Gasteiger partial charge in [-0.1, -0.05) is 22.0 Å². The van der Waals surface area contributed by atoms with Crippen LogP contribution in [0.15, 0.2) is 27.7 Å². The summed E-state index contributed by atoms with van der Waals surface area (Å²) in [6.07, 6.45) is 1.39. The smallest absolute Gasteiger partial charge is 0.188 e. The van der Waals surface area contributed by atoms with Crippen LogP contribution in [0.2, 0.25) is 0 Å². The summed E-state index contributed by atoms with van der Waals surface area (Å²) in [6, 6.07) is 5.21. The van der Waals surface area contributed by atoms with Gasteiger partial charge in [0, 0.05) is 24.2 Å². The minimum absolute atomic E-state index is 0.118. The Balaban J connectivity index is 2.33. The van der Waals surface area contributed by atoms with Crippen LogP contribution in [0, 0.1) is 5.82 Å². The lowest BCUT2D eigenvalue weighted by atomic mass is 10.1. The quantitative estimate of drug-likeness (QED) is 0.453. The Kier molecular flexibility index (Phi) is 7.54. The largest absolute Gasteiger partial charge is 0.383 e. The van der Waals surface area contributed by atoms with E-state index in [0.29, 0.717) is 31.1 Å². The van der Waals surface area contributed by atoms with Crippen molar-refractivity contribution in [2.24, 2.45) is 10.7 Å². The molecule has 0 aromatic heterocycles. The number of nitrogens with one attached hydrogen (secondary N) is 1. The van der Waals surface area contributed by atoms with Crippen LogP contribution in [0.3, 0.4) is 0 Å². The third-order valence-corrected chi connectivity index (χ3v) is 3.21. The molecule has 0 amide bonds. The standard InChI is InChI=1S/C14H21BrFN3O/c1-10(9-20-2)19-14(17)18-7-3-4-11-5-6-12(15)8-13(11)16/h5-6,8,10H,3-4,7,9H2,1-2H3,(H3,17,18,19). The minimum atomic E-state index is -0.192. The van der Waals surface area contributed by atoms with E-state index < -0.39 is 0 Å². The fraction of sp³-hybridized carbons (Fsp3) is 0.500. The molecule has 0 heterocycles. The van der Waals surface area contributed by atoms with Gasteiger partial charge in [-0.3, -0.25) is 4.99 Å². The molecule has 3 N–H and O–H groups in total. The zero-order valence-corrected chi connectivity index (χ0v) is 13.4. The Bertz CT molecular complexity index is 454. The van der Waals surface area contributed by atoms with Crippen molar-refractivity contribution >= 4 is 21.9 Å². The van der Waals surface area contributed by atoms with E-state index in [1.807, 2.05) is 13.0 Å². The topological polar surface area (TPSA) is 59.6 Å². The van der Waals surface area contributed by atoms with E-state index in [-0.39, 0.29) is 11.9 Å². The number of rotatable bonds is 7. The number of nitrogens with two attached hydrogens (primary N) is 1. The number of halogens is 2. The molecule has 1 rings (SSSR count). The van der Waals surface area contributed by atoms with E-state index in [1.54, 1.807) is 13.2 Å². The van der Waals surface area contributed by atoms with E-state index in [2.05, 4.69) is 26.2 Å². The number of benzene rings is 1. The van der Waals surface area contributed by atoms with Crippen LogP contribution in [0.1, 0.15) is 18.9 Å². The molecule has 0 spiro atoms. The van der Waals surface area contributed by atoms with Crippen LogP contribution in [0.4, 0.5) is 4.39 Å². The predicted molar refractivity (Wildman–Crippen MR) is 83.4 cm³/mol. The number of hydrogen-bond acceptors (Lipinski definition) is 2. The van der Waals surface area contributed by atoms with Gasteiger partial charge in [-0.2, -0.15) is 0 Å². The van der Waals surface area contributed by atoms with Crippen molar-refractivity contribution in [3.05, 3.63) is 34.1 Å². The highest BCUT2D eigenvalue weighted by Crippen LogP contribution is 2.16. The number of nitrogens with zero attached hydrogens (tertiary/aromatic N) is 1. The van der Waals surface area contributed by atoms with Gasteiger partial charge in [0.2, 0.25) is 0 Å². The summed E-state index contributed by atoms with van der Waals surface area (Å²) < 4.78 is 19.3. The first kappa shape index (κ1) is 16.9. The van der Waals surface area contributed by atoms with Gasteiger partial charge in [0.05, 0.1) is 6.61 Å². The normalized spacial score (nSPS) is 13.3. The van der Waals surface area contributed by atoms with Crippen molar-refractivity contribution in [1.29, 1.82) is 0 Å². The van der Waals surface area contributed by atoms with Gasteiger partial charge in [-0.25, -0.2) is 4.39 Å². The first-order valence-corrected chi connectivity index (χ1v) is 7.31. The highest BCUT2D eigenvalue weighted by Gasteiger charge is 2.03. The van der Waals surface area contributed by atoms with E-state index in [4.69, 9.17) is 10.5 Å². The van der Waals surface area contributed by atoms with Crippen molar-refractivity contribution in [2.75, 3.05) is 20.3 Å². The lowest BCUT2D eigenvalue weighted by Gasteiger charge is -2.13. The van der Waals surface area contributed by atoms with E-state index >= 15 is 0 Å². The van der Waals surface area contributed by atoms with Crippen LogP contribution < -0.4 is 11.1 Å². The first-order chi connectivity index (χ1) is 9.52. The average Bonchev–Trinajstić information content (AvgIpc) is 2.36. The van der Waals surface area contributed by atoms with Crippen molar-refractivity contribution in [1.82, 2.24) is 5.32 Å². The predicted octanol–water partition coefficient (Wildman–Crippen LogP) is 2.46. The molecule has 1 atom stereocenters. The summed E-state index contributed by atoms with van der Waals surface area (Å²) in [5.41, 5.74) is 6.43. The summed E-state index contributed by atoms with van der Waals surface area (Å²) >= 11 is 3.24. The average molecular weight is 346 g/mol. The fourth-order valence-corrected chi connectivity index (χ4v) is 2.12. The zero-order valence-electron chi connectivity index (χ0n) is 11.8. The van der Waals surface area contributed by atoms with Gasteiger partial charge in [-0.05, 0) is 37.5 Å². The number of hydrogen-bond donors (Lipinski definition) is 2. The summed E-state index contributed by atoms with van der Waals surface area (Å²) in [5, 5.41) is 3.02. The van der Waals surface area contributed by atoms with Crippen LogP contribution >= 0.6 is 15.9 Å². The lowest BCUT2D eigenvalue weighted by molar-refractivity contribution is 0.179. The molecule has 0 fully saturated rings. The molecule has 112 valence electrons. The molecule has 0 aliphatic carbocycles. The van der Waals surface area contributed by atoms with Crippen LogP contribution in [-0.2, 0) is 11.2 Å². The molecule has 0 aliphatic rings. The second kappa shape index (κ2) is 8.92. The molecule has 1 aromatic carbocycles. The Labute approximate surface area is 127 Å². The minimum Gasteiger partial charge on any atom is -0.383 e. The molecule has 0 saturated heterocycles. The second-order valence-electron chi connectivity index (χ2n) is 4.61. The molecule has 0 aliphatic heterocycles. The van der Waals surface area contributed by atoms with Crippen molar-refractivity contribution in [3.8, 4) is 0 Å². The zero-order chi connectivity index (χ0) is 15.0.